The maximum absolute atomic E-state index is 13.1. The number of rotatable bonds is 43. The number of esters is 1. The molecule has 0 fully saturated rings. The topological polar surface area (TPSA) is 95.9 Å². The molecule has 0 rings (SSSR count). The first kappa shape index (κ1) is 56.3. The van der Waals surface area contributed by atoms with Crippen molar-refractivity contribution < 1.29 is 24.5 Å². The minimum absolute atomic E-state index is 0.0116. The molecule has 0 aromatic rings. The quantitative estimate of drug-likeness (QED) is 0.0246. The van der Waals surface area contributed by atoms with Crippen LogP contribution in [0.5, 0.6) is 0 Å². The van der Waals surface area contributed by atoms with Crippen molar-refractivity contribution in [3.05, 3.63) is 72.9 Å². The summed E-state index contributed by atoms with van der Waals surface area (Å²) in [5.41, 5.74) is 0. The fourth-order valence-corrected chi connectivity index (χ4v) is 6.99. The van der Waals surface area contributed by atoms with Crippen LogP contribution in [-0.4, -0.2) is 46.9 Å². The van der Waals surface area contributed by atoms with Gasteiger partial charge in [-0.25, -0.2) is 0 Å². The van der Waals surface area contributed by atoms with Crippen molar-refractivity contribution in [3.63, 3.8) is 0 Å². The van der Waals surface area contributed by atoms with Crippen LogP contribution in [0.4, 0.5) is 0 Å². The van der Waals surface area contributed by atoms with Gasteiger partial charge in [0.2, 0.25) is 5.91 Å². The van der Waals surface area contributed by atoms with Crippen molar-refractivity contribution in [2.24, 2.45) is 0 Å². The lowest BCUT2D eigenvalue weighted by Crippen LogP contribution is -2.46. The average Bonchev–Trinajstić information content (AvgIpc) is 3.23. The van der Waals surface area contributed by atoms with Crippen molar-refractivity contribution in [2.75, 3.05) is 6.61 Å². The summed E-state index contributed by atoms with van der Waals surface area (Å²) in [6, 6.07) is -0.737. The highest BCUT2D eigenvalue weighted by Gasteiger charge is 2.23. The lowest BCUT2D eigenvalue weighted by atomic mass is 10.0. The van der Waals surface area contributed by atoms with Gasteiger partial charge < -0.3 is 20.3 Å². The van der Waals surface area contributed by atoms with Crippen molar-refractivity contribution in [1.82, 2.24) is 5.32 Å². The molecule has 6 heteroatoms. The summed E-state index contributed by atoms with van der Waals surface area (Å²) in [6.45, 7) is 6.38. The zero-order valence-electron chi connectivity index (χ0n) is 38.6. The van der Waals surface area contributed by atoms with Gasteiger partial charge in [0.1, 0.15) is 6.10 Å². The van der Waals surface area contributed by atoms with E-state index in [1.165, 1.54) is 109 Å². The molecule has 340 valence electrons. The minimum Gasteiger partial charge on any atom is -0.461 e. The number of aliphatic hydroxyl groups excluding tert-OH is 2. The first-order chi connectivity index (χ1) is 29.0. The lowest BCUT2D eigenvalue weighted by Gasteiger charge is -2.24. The van der Waals surface area contributed by atoms with E-state index in [0.29, 0.717) is 19.3 Å². The van der Waals surface area contributed by atoms with Gasteiger partial charge in [0.25, 0.3) is 0 Å². The molecule has 6 nitrogen and oxygen atoms in total. The number of nitrogens with one attached hydrogen (secondary N) is 1. The largest absolute Gasteiger partial charge is 0.461 e. The van der Waals surface area contributed by atoms with Crippen molar-refractivity contribution in [2.45, 2.75) is 244 Å². The second-order valence-electron chi connectivity index (χ2n) is 16.5. The van der Waals surface area contributed by atoms with Crippen LogP contribution in [0.15, 0.2) is 72.9 Å². The van der Waals surface area contributed by atoms with Gasteiger partial charge in [0.05, 0.1) is 25.2 Å². The maximum atomic E-state index is 13.1. The van der Waals surface area contributed by atoms with Crippen LogP contribution in [0, 0.1) is 0 Å². The Morgan fingerprint density at radius 3 is 1.49 bits per heavy atom. The smallest absolute Gasteiger partial charge is 0.306 e. The molecule has 3 unspecified atom stereocenters. The number of aliphatic hydroxyl groups is 2. The fourth-order valence-electron chi connectivity index (χ4n) is 6.99. The first-order valence-corrected chi connectivity index (χ1v) is 24.7. The highest BCUT2D eigenvalue weighted by Crippen LogP contribution is 2.15. The summed E-state index contributed by atoms with van der Waals surface area (Å²) < 4.78 is 5.84. The van der Waals surface area contributed by atoms with E-state index < -0.39 is 18.2 Å². The van der Waals surface area contributed by atoms with Crippen molar-refractivity contribution in [1.29, 1.82) is 0 Å². The molecule has 0 bridgehead atoms. The molecule has 0 aliphatic rings. The second-order valence-corrected chi connectivity index (χ2v) is 16.5. The Balaban J connectivity index is 4.78. The molecule has 1 amide bonds. The standard InChI is InChI=1S/C53H93NO5/c1-4-7-10-13-16-19-21-23-25-27-29-31-34-37-40-43-46-53(58)59-49(44-41-38-35-33-30-28-26-24-22-20-17-14-11-8-5-2)47-52(57)54-50(48-55)51(56)45-42-39-36-32-18-15-12-9-6-3/h17,20,24-27,29-31,33,38,41,49-51,55-56H,4-16,18-19,21-23,28,32,34-37,39-40,42-48H2,1-3H3,(H,54,57)/b20-17-,26-24-,27-25+,31-29+,33-30-,41-38-. The Kier molecular flexibility index (Phi) is 44.2. The highest BCUT2D eigenvalue weighted by atomic mass is 16.5. The molecule has 0 heterocycles. The number of unbranched alkanes of at least 4 members (excludes halogenated alkanes) is 21. The van der Waals surface area contributed by atoms with E-state index in [9.17, 15) is 19.8 Å². The van der Waals surface area contributed by atoms with E-state index in [-0.39, 0.29) is 24.9 Å². The molecular weight excluding hydrogens is 731 g/mol. The number of ether oxygens (including phenoxy) is 1. The molecule has 0 saturated carbocycles. The average molecular weight is 824 g/mol. The van der Waals surface area contributed by atoms with Gasteiger partial charge in [0.15, 0.2) is 0 Å². The Hall–Kier alpha value is -2.70. The zero-order valence-corrected chi connectivity index (χ0v) is 38.6. The molecule has 0 saturated heterocycles. The van der Waals surface area contributed by atoms with Gasteiger partial charge in [-0.2, -0.15) is 0 Å². The van der Waals surface area contributed by atoms with Crippen LogP contribution in [0.25, 0.3) is 0 Å². The predicted octanol–water partition coefficient (Wildman–Crippen LogP) is 14.6. The van der Waals surface area contributed by atoms with Crippen molar-refractivity contribution in [3.8, 4) is 0 Å². The molecule has 0 radical (unpaired) electrons. The minimum atomic E-state index is -0.816. The van der Waals surface area contributed by atoms with Crippen LogP contribution in [0.1, 0.15) is 226 Å². The Labute approximate surface area is 364 Å². The summed E-state index contributed by atoms with van der Waals surface area (Å²) in [4.78, 5) is 26.0. The molecule has 0 aromatic carbocycles. The summed E-state index contributed by atoms with van der Waals surface area (Å²) >= 11 is 0. The van der Waals surface area contributed by atoms with Gasteiger partial charge in [0, 0.05) is 12.8 Å². The zero-order chi connectivity index (χ0) is 43.1. The second kappa shape index (κ2) is 46.4. The van der Waals surface area contributed by atoms with E-state index in [4.69, 9.17) is 4.74 Å². The number of allylic oxidation sites excluding steroid dienone is 11. The van der Waals surface area contributed by atoms with E-state index in [2.05, 4.69) is 86.8 Å². The molecule has 3 N–H and O–H groups in total. The van der Waals surface area contributed by atoms with E-state index in [0.717, 1.165) is 70.6 Å². The van der Waals surface area contributed by atoms with Gasteiger partial charge >= 0.3 is 5.97 Å². The molecule has 0 aliphatic carbocycles. The Morgan fingerprint density at radius 1 is 0.525 bits per heavy atom. The lowest BCUT2D eigenvalue weighted by molar-refractivity contribution is -0.150. The number of amides is 1. The SMILES string of the molecule is CCCCC/C=C\C/C=C\C/C=C\C/C=C\CC(CC(=O)NC(CO)C(O)CCCCCCCCCCC)OC(=O)CCCCC/C=C/C=C/CCCCCCCCC. The van der Waals surface area contributed by atoms with E-state index in [1.54, 1.807) is 0 Å². The Morgan fingerprint density at radius 2 is 0.949 bits per heavy atom. The Bertz CT molecular complexity index is 1110. The normalized spacial score (nSPS) is 13.9. The van der Waals surface area contributed by atoms with Crippen LogP contribution in [-0.2, 0) is 14.3 Å². The van der Waals surface area contributed by atoms with E-state index >= 15 is 0 Å². The number of carbonyl (C=O) groups is 2. The highest BCUT2D eigenvalue weighted by molar-refractivity contribution is 5.77. The molecule has 0 aliphatic heterocycles. The number of hydrogen-bond acceptors (Lipinski definition) is 5. The van der Waals surface area contributed by atoms with Gasteiger partial charge in [-0.3, -0.25) is 9.59 Å². The van der Waals surface area contributed by atoms with Gasteiger partial charge in [-0.05, 0) is 70.6 Å². The number of carbonyl (C=O) groups excluding carboxylic acids is 2. The fraction of sp³-hybridized carbons (Fsp3) is 0.736. The summed E-state index contributed by atoms with van der Waals surface area (Å²) in [6.07, 6.45) is 58.4. The maximum Gasteiger partial charge on any atom is 0.306 e. The monoisotopic (exact) mass is 824 g/mol. The first-order valence-electron chi connectivity index (χ1n) is 24.7. The van der Waals surface area contributed by atoms with E-state index in [1.807, 2.05) is 12.2 Å². The van der Waals surface area contributed by atoms with Crippen LogP contribution < -0.4 is 5.32 Å². The number of hydrogen-bond donors (Lipinski definition) is 3. The summed E-state index contributed by atoms with van der Waals surface area (Å²) in [7, 11) is 0. The van der Waals surface area contributed by atoms with Gasteiger partial charge in [-0.1, -0.05) is 209 Å². The summed E-state index contributed by atoms with van der Waals surface area (Å²) in [5, 5.41) is 23.6. The molecular formula is C53H93NO5. The predicted molar refractivity (Wildman–Crippen MR) is 255 cm³/mol. The third kappa shape index (κ3) is 41.8. The molecule has 0 aromatic heterocycles. The van der Waals surface area contributed by atoms with Crippen LogP contribution >= 0.6 is 0 Å². The molecule has 3 atom stereocenters. The van der Waals surface area contributed by atoms with Gasteiger partial charge in [-0.15, -0.1) is 0 Å². The molecule has 0 spiro atoms. The third-order valence-corrected chi connectivity index (χ3v) is 10.8. The molecule has 59 heavy (non-hydrogen) atoms. The summed E-state index contributed by atoms with van der Waals surface area (Å²) in [5.74, 6) is -0.612. The van der Waals surface area contributed by atoms with Crippen LogP contribution in [0.2, 0.25) is 0 Å². The van der Waals surface area contributed by atoms with Crippen LogP contribution in [0.3, 0.4) is 0 Å². The van der Waals surface area contributed by atoms with Crippen molar-refractivity contribution >= 4 is 11.9 Å². The third-order valence-electron chi connectivity index (χ3n) is 10.8.